The summed E-state index contributed by atoms with van der Waals surface area (Å²) < 4.78 is 0. The van der Waals surface area contributed by atoms with Gasteiger partial charge in [-0.05, 0) is 32.6 Å². The van der Waals surface area contributed by atoms with Gasteiger partial charge < -0.3 is 5.11 Å². The van der Waals surface area contributed by atoms with Gasteiger partial charge in [0.1, 0.15) is 0 Å². The molecule has 0 spiro atoms. The van der Waals surface area contributed by atoms with Crippen LogP contribution in [0, 0.1) is 5.41 Å². The third kappa shape index (κ3) is 4.50. The Labute approximate surface area is 93.4 Å². The van der Waals surface area contributed by atoms with Crippen molar-refractivity contribution in [3.63, 3.8) is 0 Å². The largest absolute Gasteiger partial charge is 0.481 e. The van der Waals surface area contributed by atoms with Gasteiger partial charge in [-0.2, -0.15) is 0 Å². The monoisotopic (exact) mass is 212 g/mol. The second-order valence-corrected chi connectivity index (χ2v) is 4.50. The minimum atomic E-state index is -0.639. The van der Waals surface area contributed by atoms with Crippen LogP contribution in [0.5, 0.6) is 0 Å². The second-order valence-electron chi connectivity index (χ2n) is 4.50. The minimum Gasteiger partial charge on any atom is -0.481 e. The molecule has 0 radical (unpaired) electrons. The summed E-state index contributed by atoms with van der Waals surface area (Å²) in [5.74, 6) is -0.639. The highest BCUT2D eigenvalue weighted by molar-refractivity contribution is 5.74. The SMILES string of the molecule is C=C(C)CCC(CC)(CCCC)C(=O)O. The Morgan fingerprint density at radius 3 is 2.27 bits per heavy atom. The fourth-order valence-corrected chi connectivity index (χ4v) is 1.81. The molecule has 15 heavy (non-hydrogen) atoms. The third-order valence-corrected chi connectivity index (χ3v) is 3.17. The summed E-state index contributed by atoms with van der Waals surface area (Å²) in [5.41, 5.74) is 0.556. The van der Waals surface area contributed by atoms with Gasteiger partial charge in [-0.1, -0.05) is 32.3 Å². The number of rotatable bonds is 8. The number of carbonyl (C=O) groups is 1. The minimum absolute atomic E-state index is 0.519. The van der Waals surface area contributed by atoms with Gasteiger partial charge in [0.25, 0.3) is 0 Å². The lowest BCUT2D eigenvalue weighted by Gasteiger charge is -2.28. The van der Waals surface area contributed by atoms with Crippen LogP contribution in [0.3, 0.4) is 0 Å². The molecule has 0 aliphatic carbocycles. The van der Waals surface area contributed by atoms with Crippen molar-refractivity contribution in [3.8, 4) is 0 Å². The molecule has 0 aromatic rings. The molecule has 0 heterocycles. The molecule has 88 valence electrons. The Hall–Kier alpha value is -0.790. The quantitative estimate of drug-likeness (QED) is 0.617. The first-order chi connectivity index (χ1) is 6.98. The van der Waals surface area contributed by atoms with Crippen molar-refractivity contribution in [3.05, 3.63) is 12.2 Å². The average Bonchev–Trinajstić information content (AvgIpc) is 2.18. The molecule has 1 N–H and O–H groups in total. The first-order valence-corrected chi connectivity index (χ1v) is 5.86. The lowest BCUT2D eigenvalue weighted by molar-refractivity contribution is -0.150. The molecule has 0 fully saturated rings. The number of hydrogen-bond donors (Lipinski definition) is 1. The van der Waals surface area contributed by atoms with E-state index in [1.54, 1.807) is 0 Å². The Kier molecular flexibility index (Phi) is 6.30. The smallest absolute Gasteiger partial charge is 0.309 e. The number of aliphatic carboxylic acids is 1. The Balaban J connectivity index is 4.50. The van der Waals surface area contributed by atoms with Gasteiger partial charge in [0, 0.05) is 0 Å². The van der Waals surface area contributed by atoms with Crippen LogP contribution in [0.15, 0.2) is 12.2 Å². The molecule has 0 bridgehead atoms. The molecule has 1 atom stereocenters. The predicted molar refractivity (Wildman–Crippen MR) is 63.9 cm³/mol. The number of carboxylic acid groups (broad SMARTS) is 1. The molecule has 2 nitrogen and oxygen atoms in total. The van der Waals surface area contributed by atoms with Crippen molar-refractivity contribution in [2.24, 2.45) is 5.41 Å². The molecule has 1 unspecified atom stereocenters. The van der Waals surface area contributed by atoms with Crippen LogP contribution in [-0.2, 0) is 4.79 Å². The maximum absolute atomic E-state index is 11.3. The van der Waals surface area contributed by atoms with E-state index in [1.165, 1.54) is 0 Å². The van der Waals surface area contributed by atoms with Crippen LogP contribution in [0.4, 0.5) is 0 Å². The van der Waals surface area contributed by atoms with Crippen LogP contribution < -0.4 is 0 Å². The van der Waals surface area contributed by atoms with Crippen LogP contribution in [0.2, 0.25) is 0 Å². The molecular formula is C13H24O2. The molecule has 0 aromatic heterocycles. The van der Waals surface area contributed by atoms with Crippen LogP contribution in [0.1, 0.15) is 59.3 Å². The first-order valence-electron chi connectivity index (χ1n) is 5.86. The van der Waals surface area contributed by atoms with E-state index in [-0.39, 0.29) is 0 Å². The molecule has 0 aromatic carbocycles. The Morgan fingerprint density at radius 1 is 1.33 bits per heavy atom. The maximum Gasteiger partial charge on any atom is 0.309 e. The van der Waals surface area contributed by atoms with Gasteiger partial charge in [-0.25, -0.2) is 0 Å². The number of hydrogen-bond acceptors (Lipinski definition) is 1. The van der Waals surface area contributed by atoms with Crippen LogP contribution in [0.25, 0.3) is 0 Å². The zero-order valence-electron chi connectivity index (χ0n) is 10.3. The molecule has 2 heteroatoms. The van der Waals surface area contributed by atoms with E-state index in [0.717, 1.165) is 44.1 Å². The van der Waals surface area contributed by atoms with E-state index in [0.29, 0.717) is 0 Å². The van der Waals surface area contributed by atoms with Gasteiger partial charge in [0.05, 0.1) is 5.41 Å². The summed E-state index contributed by atoms with van der Waals surface area (Å²) >= 11 is 0. The standard InChI is InChI=1S/C13H24O2/c1-5-7-9-13(6-2,12(14)15)10-8-11(3)4/h3,5-10H2,1-2,4H3,(H,14,15). The summed E-state index contributed by atoms with van der Waals surface area (Å²) in [5, 5.41) is 9.33. The van der Waals surface area contributed by atoms with Crippen LogP contribution in [-0.4, -0.2) is 11.1 Å². The topological polar surface area (TPSA) is 37.3 Å². The van der Waals surface area contributed by atoms with Crippen molar-refractivity contribution >= 4 is 5.97 Å². The summed E-state index contributed by atoms with van der Waals surface area (Å²) in [7, 11) is 0. The number of unbranched alkanes of at least 4 members (excludes halogenated alkanes) is 1. The molecule has 0 amide bonds. The van der Waals surface area contributed by atoms with Gasteiger partial charge >= 0.3 is 5.97 Å². The molecule has 0 aliphatic heterocycles. The van der Waals surface area contributed by atoms with E-state index in [1.807, 2.05) is 13.8 Å². The van der Waals surface area contributed by atoms with Gasteiger partial charge in [0.2, 0.25) is 0 Å². The normalized spacial score (nSPS) is 14.6. The van der Waals surface area contributed by atoms with E-state index >= 15 is 0 Å². The summed E-state index contributed by atoms with van der Waals surface area (Å²) in [6.07, 6.45) is 5.12. The highest BCUT2D eigenvalue weighted by Gasteiger charge is 2.35. The number of carboxylic acids is 1. The van der Waals surface area contributed by atoms with Crippen LogP contribution >= 0.6 is 0 Å². The van der Waals surface area contributed by atoms with Crippen molar-refractivity contribution in [2.45, 2.75) is 59.3 Å². The van der Waals surface area contributed by atoms with E-state index < -0.39 is 11.4 Å². The summed E-state index contributed by atoms with van der Waals surface area (Å²) in [6.45, 7) is 9.87. The third-order valence-electron chi connectivity index (χ3n) is 3.17. The van der Waals surface area contributed by atoms with E-state index in [2.05, 4.69) is 13.5 Å². The molecule has 0 saturated heterocycles. The fraction of sp³-hybridized carbons (Fsp3) is 0.769. The zero-order valence-corrected chi connectivity index (χ0v) is 10.3. The molecule has 0 aliphatic rings. The van der Waals surface area contributed by atoms with E-state index in [4.69, 9.17) is 0 Å². The number of allylic oxidation sites excluding steroid dienone is 1. The summed E-state index contributed by atoms with van der Waals surface area (Å²) in [4.78, 5) is 11.3. The highest BCUT2D eigenvalue weighted by Crippen LogP contribution is 2.35. The summed E-state index contributed by atoms with van der Waals surface area (Å²) in [6, 6.07) is 0. The van der Waals surface area contributed by atoms with Crippen molar-refractivity contribution in [1.29, 1.82) is 0 Å². The molecular weight excluding hydrogens is 188 g/mol. The zero-order chi connectivity index (χ0) is 11.9. The van der Waals surface area contributed by atoms with Crippen molar-refractivity contribution in [1.82, 2.24) is 0 Å². The van der Waals surface area contributed by atoms with E-state index in [9.17, 15) is 9.90 Å². The molecule has 0 saturated carbocycles. The van der Waals surface area contributed by atoms with Crippen molar-refractivity contribution in [2.75, 3.05) is 0 Å². The van der Waals surface area contributed by atoms with Gasteiger partial charge in [-0.15, -0.1) is 6.58 Å². The second kappa shape index (κ2) is 6.65. The maximum atomic E-state index is 11.3. The Bertz CT molecular complexity index is 221. The fourth-order valence-electron chi connectivity index (χ4n) is 1.81. The van der Waals surface area contributed by atoms with Gasteiger partial charge in [0.15, 0.2) is 0 Å². The lowest BCUT2D eigenvalue weighted by Crippen LogP contribution is -2.30. The lowest BCUT2D eigenvalue weighted by atomic mass is 9.76. The molecule has 0 rings (SSSR count). The van der Waals surface area contributed by atoms with Crippen molar-refractivity contribution < 1.29 is 9.90 Å². The predicted octanol–water partition coefficient (Wildman–Crippen LogP) is 4.01. The first kappa shape index (κ1) is 14.2. The highest BCUT2D eigenvalue weighted by atomic mass is 16.4. The van der Waals surface area contributed by atoms with Gasteiger partial charge in [-0.3, -0.25) is 4.79 Å². The Morgan fingerprint density at radius 2 is 1.93 bits per heavy atom. The average molecular weight is 212 g/mol.